The fourth-order valence-corrected chi connectivity index (χ4v) is 4.44. The Bertz CT molecular complexity index is 714. The highest BCUT2D eigenvalue weighted by Gasteiger charge is 2.23. The quantitative estimate of drug-likeness (QED) is 0.682. The Balaban J connectivity index is 1.92. The molecule has 6 heteroatoms. The fraction of sp³-hybridized carbons (Fsp3) is 0.167. The minimum absolute atomic E-state index is 0.717. The first kappa shape index (κ1) is 10.8. The summed E-state index contributed by atoms with van der Waals surface area (Å²) in [7, 11) is 0. The van der Waals surface area contributed by atoms with Gasteiger partial charge in [-0.15, -0.1) is 0 Å². The molecule has 1 aliphatic rings. The van der Waals surface area contributed by atoms with Crippen LogP contribution in [0.15, 0.2) is 24.3 Å². The lowest BCUT2D eigenvalue weighted by atomic mass is 10.3. The molecule has 0 saturated heterocycles. The summed E-state index contributed by atoms with van der Waals surface area (Å²) in [5.41, 5.74) is 3.27. The third-order valence-corrected chi connectivity index (χ3v) is 5.32. The Hall–Kier alpha value is -1.04. The zero-order valence-electron chi connectivity index (χ0n) is 9.26. The molecule has 0 saturated carbocycles. The second kappa shape index (κ2) is 3.98. The van der Waals surface area contributed by atoms with Crippen LogP contribution in [0.4, 0.5) is 0 Å². The van der Waals surface area contributed by atoms with Crippen molar-refractivity contribution in [3.8, 4) is 5.13 Å². The molecule has 0 radical (unpaired) electrons. The van der Waals surface area contributed by atoms with Crippen molar-refractivity contribution in [2.75, 3.05) is 0 Å². The maximum atomic E-state index is 6.39. The molecule has 90 valence electrons. The summed E-state index contributed by atoms with van der Waals surface area (Å²) in [6.07, 6.45) is 0. The molecule has 3 nitrogen and oxygen atoms in total. The van der Waals surface area contributed by atoms with Crippen LogP contribution in [0.2, 0.25) is 5.15 Å². The molecule has 18 heavy (non-hydrogen) atoms. The standard InChI is InChI=1S/C12H8ClN3S2/c13-11-7-5-17-6-9(7)15-16(11)12-14-8-3-1-2-4-10(8)18-12/h1-4H,5-6H2. The van der Waals surface area contributed by atoms with Crippen molar-refractivity contribution >= 4 is 44.9 Å². The molecule has 0 fully saturated rings. The number of benzene rings is 1. The number of hydrogen-bond acceptors (Lipinski definition) is 4. The summed E-state index contributed by atoms with van der Waals surface area (Å²) in [6, 6.07) is 8.09. The first-order valence-electron chi connectivity index (χ1n) is 5.53. The molecule has 1 aromatic carbocycles. The van der Waals surface area contributed by atoms with Crippen LogP contribution in [-0.2, 0) is 11.5 Å². The molecule has 0 N–H and O–H groups in total. The van der Waals surface area contributed by atoms with Crippen molar-refractivity contribution < 1.29 is 0 Å². The summed E-state index contributed by atoms with van der Waals surface area (Å²) in [5.74, 6) is 1.91. The van der Waals surface area contributed by atoms with Crippen molar-refractivity contribution in [1.29, 1.82) is 0 Å². The van der Waals surface area contributed by atoms with Gasteiger partial charge in [-0.2, -0.15) is 21.5 Å². The molecule has 0 amide bonds. The normalized spacial score (nSPS) is 14.3. The predicted molar refractivity (Wildman–Crippen MR) is 76.8 cm³/mol. The molecule has 2 aromatic heterocycles. The third-order valence-electron chi connectivity index (χ3n) is 2.95. The minimum atomic E-state index is 0.717. The number of fused-ring (bicyclic) bond motifs is 2. The van der Waals surface area contributed by atoms with E-state index in [1.165, 1.54) is 5.56 Å². The van der Waals surface area contributed by atoms with Crippen molar-refractivity contribution in [2.24, 2.45) is 0 Å². The summed E-state index contributed by atoms with van der Waals surface area (Å²) < 4.78 is 2.94. The van der Waals surface area contributed by atoms with Crippen LogP contribution in [-0.4, -0.2) is 14.8 Å². The van der Waals surface area contributed by atoms with Crippen LogP contribution < -0.4 is 0 Å². The molecule has 0 spiro atoms. The van der Waals surface area contributed by atoms with Gasteiger partial charge in [0.2, 0.25) is 5.13 Å². The third kappa shape index (κ3) is 1.51. The number of hydrogen-bond donors (Lipinski definition) is 0. The zero-order valence-corrected chi connectivity index (χ0v) is 11.6. The van der Waals surface area contributed by atoms with E-state index in [4.69, 9.17) is 11.6 Å². The molecule has 3 heterocycles. The maximum Gasteiger partial charge on any atom is 0.212 e. The Morgan fingerprint density at radius 1 is 1.22 bits per heavy atom. The fourth-order valence-electron chi connectivity index (χ4n) is 2.06. The van der Waals surface area contributed by atoms with Crippen molar-refractivity contribution in [3.63, 3.8) is 0 Å². The molecule has 0 aliphatic carbocycles. The highest BCUT2D eigenvalue weighted by Crippen LogP contribution is 2.36. The number of thioether (sulfide) groups is 1. The van der Waals surface area contributed by atoms with E-state index in [1.807, 2.05) is 30.0 Å². The Morgan fingerprint density at radius 2 is 2.11 bits per heavy atom. The van der Waals surface area contributed by atoms with E-state index >= 15 is 0 Å². The van der Waals surface area contributed by atoms with E-state index in [-0.39, 0.29) is 0 Å². The van der Waals surface area contributed by atoms with E-state index in [9.17, 15) is 0 Å². The van der Waals surface area contributed by atoms with Gasteiger partial charge in [-0.1, -0.05) is 35.1 Å². The SMILES string of the molecule is Clc1c2c(nn1-c1nc3ccccc3s1)CSC2. The van der Waals surface area contributed by atoms with Gasteiger partial charge < -0.3 is 0 Å². The molecule has 0 bridgehead atoms. The zero-order chi connectivity index (χ0) is 12.1. The number of rotatable bonds is 1. The van der Waals surface area contributed by atoms with Gasteiger partial charge in [-0.25, -0.2) is 4.98 Å². The van der Waals surface area contributed by atoms with Gasteiger partial charge in [0.15, 0.2) is 0 Å². The van der Waals surface area contributed by atoms with Gasteiger partial charge in [0.1, 0.15) is 5.15 Å². The van der Waals surface area contributed by atoms with Gasteiger partial charge in [-0.3, -0.25) is 0 Å². The van der Waals surface area contributed by atoms with E-state index in [2.05, 4.69) is 16.1 Å². The number of para-hydroxylation sites is 1. The summed E-state index contributed by atoms with van der Waals surface area (Å²) in [5, 5.41) is 6.13. The van der Waals surface area contributed by atoms with Crippen molar-refractivity contribution in [2.45, 2.75) is 11.5 Å². The minimum Gasteiger partial charge on any atom is -0.218 e. The monoisotopic (exact) mass is 293 g/mol. The number of halogens is 1. The molecule has 3 aromatic rings. The lowest BCUT2D eigenvalue weighted by Crippen LogP contribution is -1.96. The number of aromatic nitrogens is 3. The lowest BCUT2D eigenvalue weighted by molar-refractivity contribution is 0.854. The topological polar surface area (TPSA) is 30.7 Å². The second-order valence-corrected chi connectivity index (χ2v) is 6.44. The smallest absolute Gasteiger partial charge is 0.212 e. The maximum absolute atomic E-state index is 6.39. The number of nitrogens with zero attached hydrogens (tertiary/aromatic N) is 3. The van der Waals surface area contributed by atoms with E-state index < -0.39 is 0 Å². The van der Waals surface area contributed by atoms with Crippen LogP contribution in [0.25, 0.3) is 15.3 Å². The highest BCUT2D eigenvalue weighted by molar-refractivity contribution is 7.98. The van der Waals surface area contributed by atoms with Crippen LogP contribution in [0.3, 0.4) is 0 Å². The molecule has 0 unspecified atom stereocenters. The summed E-state index contributed by atoms with van der Waals surface area (Å²) in [4.78, 5) is 4.58. The lowest BCUT2D eigenvalue weighted by Gasteiger charge is -1.97. The molecule has 0 atom stereocenters. The van der Waals surface area contributed by atoms with Gasteiger partial charge in [0.25, 0.3) is 0 Å². The van der Waals surface area contributed by atoms with Crippen LogP contribution in [0.5, 0.6) is 0 Å². The van der Waals surface area contributed by atoms with Crippen molar-refractivity contribution in [3.05, 3.63) is 40.7 Å². The molecule has 4 rings (SSSR count). The summed E-state index contributed by atoms with van der Waals surface area (Å²) in [6.45, 7) is 0. The van der Waals surface area contributed by atoms with E-state index in [1.54, 1.807) is 16.0 Å². The van der Waals surface area contributed by atoms with Crippen LogP contribution >= 0.6 is 34.7 Å². The van der Waals surface area contributed by atoms with Crippen LogP contribution in [0.1, 0.15) is 11.3 Å². The summed E-state index contributed by atoms with van der Waals surface area (Å²) >= 11 is 9.86. The Morgan fingerprint density at radius 3 is 2.94 bits per heavy atom. The van der Waals surface area contributed by atoms with Gasteiger partial charge in [0.05, 0.1) is 15.9 Å². The van der Waals surface area contributed by atoms with E-state index in [0.29, 0.717) is 5.15 Å². The number of thiazole rings is 1. The van der Waals surface area contributed by atoms with Crippen molar-refractivity contribution in [1.82, 2.24) is 14.8 Å². The molecular weight excluding hydrogens is 286 g/mol. The van der Waals surface area contributed by atoms with E-state index in [0.717, 1.165) is 32.5 Å². The van der Waals surface area contributed by atoms with Crippen LogP contribution in [0, 0.1) is 0 Å². The van der Waals surface area contributed by atoms with Gasteiger partial charge in [0, 0.05) is 17.1 Å². The van der Waals surface area contributed by atoms with Gasteiger partial charge in [-0.05, 0) is 12.1 Å². The predicted octanol–water partition coefficient (Wildman–Crippen LogP) is 3.88. The second-order valence-electron chi connectivity index (χ2n) is 4.08. The molecule has 1 aliphatic heterocycles. The Labute approximate surface area is 117 Å². The first-order chi connectivity index (χ1) is 8.83. The first-order valence-corrected chi connectivity index (χ1v) is 7.88. The average Bonchev–Trinajstić information content (AvgIpc) is 3.04. The largest absolute Gasteiger partial charge is 0.218 e. The highest BCUT2D eigenvalue weighted by atomic mass is 35.5. The van der Waals surface area contributed by atoms with Gasteiger partial charge >= 0.3 is 0 Å². The Kier molecular flexibility index (Phi) is 2.40. The average molecular weight is 294 g/mol. The molecular formula is C12H8ClN3S2.